The SMILES string of the molecule is CCCCC1=N[C@@](CC)(CCO)C(=O)N1Cc1ccc(-c2ccccc2S(=O)(=O)Nc2noc(C)c2C)c(COCC)c1. The van der Waals surface area contributed by atoms with Crippen LogP contribution >= 0.6 is 0 Å². The molecule has 2 aromatic carbocycles. The zero-order valence-corrected chi connectivity index (χ0v) is 26.5. The van der Waals surface area contributed by atoms with Gasteiger partial charge in [0.25, 0.3) is 15.9 Å². The maximum absolute atomic E-state index is 13.7. The Morgan fingerprint density at radius 2 is 1.86 bits per heavy atom. The average Bonchev–Trinajstić information content (AvgIpc) is 3.45. The molecule has 0 aliphatic carbocycles. The lowest BCUT2D eigenvalue weighted by atomic mass is 9.92. The maximum atomic E-state index is 13.7. The van der Waals surface area contributed by atoms with E-state index < -0.39 is 15.6 Å². The van der Waals surface area contributed by atoms with Gasteiger partial charge in [0.05, 0.1) is 18.0 Å². The summed E-state index contributed by atoms with van der Waals surface area (Å²) in [5, 5.41) is 13.6. The van der Waals surface area contributed by atoms with Crippen molar-refractivity contribution in [2.24, 2.45) is 4.99 Å². The normalized spacial score (nSPS) is 17.0. The Morgan fingerprint density at radius 3 is 2.51 bits per heavy atom. The predicted molar refractivity (Wildman–Crippen MR) is 166 cm³/mol. The van der Waals surface area contributed by atoms with E-state index in [1.165, 1.54) is 0 Å². The van der Waals surface area contributed by atoms with E-state index in [0.29, 0.717) is 48.4 Å². The quantitative estimate of drug-likeness (QED) is 0.224. The van der Waals surface area contributed by atoms with Crippen LogP contribution in [0.5, 0.6) is 0 Å². The highest BCUT2D eigenvalue weighted by atomic mass is 32.2. The number of aliphatic hydroxyl groups excluding tert-OH is 1. The molecule has 0 spiro atoms. The maximum Gasteiger partial charge on any atom is 0.263 e. The molecule has 232 valence electrons. The minimum absolute atomic E-state index is 0.0912. The molecular formula is C32H42N4O6S. The van der Waals surface area contributed by atoms with Crippen molar-refractivity contribution in [1.29, 1.82) is 0 Å². The zero-order valence-electron chi connectivity index (χ0n) is 25.6. The van der Waals surface area contributed by atoms with Crippen molar-refractivity contribution in [2.75, 3.05) is 17.9 Å². The van der Waals surface area contributed by atoms with E-state index in [1.54, 1.807) is 43.0 Å². The molecule has 1 aromatic heterocycles. The lowest BCUT2D eigenvalue weighted by Gasteiger charge is -2.25. The van der Waals surface area contributed by atoms with Gasteiger partial charge in [-0.15, -0.1) is 0 Å². The number of ether oxygens (including phenoxy) is 1. The Morgan fingerprint density at radius 1 is 1.09 bits per heavy atom. The molecule has 1 atom stereocenters. The molecule has 2 N–H and O–H groups in total. The molecule has 0 radical (unpaired) electrons. The first kappa shape index (κ1) is 32.4. The van der Waals surface area contributed by atoms with Gasteiger partial charge in [-0.25, -0.2) is 8.42 Å². The van der Waals surface area contributed by atoms with Crippen LogP contribution < -0.4 is 4.72 Å². The van der Waals surface area contributed by atoms with Crippen LogP contribution in [0.25, 0.3) is 11.1 Å². The van der Waals surface area contributed by atoms with Crippen molar-refractivity contribution in [3.05, 3.63) is 64.9 Å². The number of rotatable bonds is 15. The Balaban J connectivity index is 1.72. The number of hydrogen-bond donors (Lipinski definition) is 2. The van der Waals surface area contributed by atoms with Gasteiger partial charge < -0.3 is 14.4 Å². The van der Waals surface area contributed by atoms with Gasteiger partial charge in [-0.1, -0.05) is 61.8 Å². The van der Waals surface area contributed by atoms with Crippen LogP contribution in [0.4, 0.5) is 5.82 Å². The summed E-state index contributed by atoms with van der Waals surface area (Å²) in [6.45, 7) is 10.3. The van der Waals surface area contributed by atoms with E-state index in [-0.39, 0.29) is 36.3 Å². The number of unbranched alkanes of at least 4 members (excludes halogenated alkanes) is 1. The van der Waals surface area contributed by atoms with Crippen molar-refractivity contribution in [2.45, 2.75) is 90.3 Å². The molecule has 0 bridgehead atoms. The zero-order chi connectivity index (χ0) is 31.2. The number of amidine groups is 1. The number of nitrogens with zero attached hydrogens (tertiary/aromatic N) is 3. The average molecular weight is 611 g/mol. The van der Waals surface area contributed by atoms with Gasteiger partial charge in [-0.05, 0) is 56.4 Å². The summed E-state index contributed by atoms with van der Waals surface area (Å²) in [6, 6.07) is 12.6. The fourth-order valence-corrected chi connectivity index (χ4v) is 6.59. The Hall–Kier alpha value is -3.54. The van der Waals surface area contributed by atoms with Crippen LogP contribution in [0.2, 0.25) is 0 Å². The second kappa shape index (κ2) is 13.8. The predicted octanol–water partition coefficient (Wildman–Crippen LogP) is 5.76. The van der Waals surface area contributed by atoms with Gasteiger partial charge in [-0.3, -0.25) is 19.4 Å². The molecule has 0 fully saturated rings. The minimum atomic E-state index is -4.01. The molecular weight excluding hydrogens is 568 g/mol. The van der Waals surface area contributed by atoms with E-state index in [1.807, 2.05) is 32.0 Å². The molecule has 4 rings (SSSR count). The second-order valence-electron chi connectivity index (χ2n) is 10.8. The summed E-state index contributed by atoms with van der Waals surface area (Å²) >= 11 is 0. The number of hydrogen-bond acceptors (Lipinski definition) is 8. The summed E-state index contributed by atoms with van der Waals surface area (Å²) < 4.78 is 40.7. The number of aliphatic imine (C=N–C) groups is 1. The van der Waals surface area contributed by atoms with E-state index in [0.717, 1.165) is 29.8 Å². The number of sulfonamides is 1. The van der Waals surface area contributed by atoms with Crippen molar-refractivity contribution in [1.82, 2.24) is 10.1 Å². The van der Waals surface area contributed by atoms with Gasteiger partial charge in [0.1, 0.15) is 17.1 Å². The molecule has 1 aliphatic rings. The lowest BCUT2D eigenvalue weighted by molar-refractivity contribution is -0.132. The molecule has 10 nitrogen and oxygen atoms in total. The van der Waals surface area contributed by atoms with Crippen molar-refractivity contribution < 1.29 is 27.6 Å². The van der Waals surface area contributed by atoms with Crippen LogP contribution in [-0.2, 0) is 32.7 Å². The highest BCUT2D eigenvalue weighted by Crippen LogP contribution is 2.35. The Bertz CT molecular complexity index is 1580. The molecule has 3 aromatic rings. The summed E-state index contributed by atoms with van der Waals surface area (Å²) in [5.41, 5.74) is 2.58. The van der Waals surface area contributed by atoms with Crippen LogP contribution in [0.3, 0.4) is 0 Å². The van der Waals surface area contributed by atoms with Crippen LogP contribution in [0.1, 0.15) is 75.3 Å². The molecule has 1 amide bonds. The first-order valence-corrected chi connectivity index (χ1v) is 16.3. The highest BCUT2D eigenvalue weighted by molar-refractivity contribution is 7.92. The molecule has 2 heterocycles. The number of nitrogens with one attached hydrogen (secondary N) is 1. The molecule has 1 aliphatic heterocycles. The standard InChI is InChI=1S/C32H42N4O6S/c1-6-9-14-29-33-32(7-2,17-18-37)31(38)36(29)20-24-15-16-26(25(19-24)21-41-8-3)27-12-10-11-13-28(27)43(39,40)35-30-22(4)23(5)42-34-30/h10-13,15-16,19,37H,6-9,14,17-18,20-21H2,1-5H3,(H,34,35)/t32-/m0/s1. The van der Waals surface area contributed by atoms with Crippen LogP contribution in [0.15, 0.2) is 56.9 Å². The van der Waals surface area contributed by atoms with E-state index >= 15 is 0 Å². The molecule has 0 unspecified atom stereocenters. The third-order valence-electron chi connectivity index (χ3n) is 7.99. The highest BCUT2D eigenvalue weighted by Gasteiger charge is 2.46. The van der Waals surface area contributed by atoms with E-state index in [2.05, 4.69) is 16.8 Å². The smallest absolute Gasteiger partial charge is 0.263 e. The lowest BCUT2D eigenvalue weighted by Crippen LogP contribution is -2.42. The number of aryl methyl sites for hydroxylation is 1. The van der Waals surface area contributed by atoms with Crippen molar-refractivity contribution in [3.63, 3.8) is 0 Å². The fraction of sp³-hybridized carbons (Fsp3) is 0.469. The number of anilines is 1. The van der Waals surface area contributed by atoms with Gasteiger partial charge in [0.2, 0.25) is 0 Å². The molecule has 0 saturated carbocycles. The number of aromatic nitrogens is 1. The summed E-state index contributed by atoms with van der Waals surface area (Å²) in [6.07, 6.45) is 3.36. The Kier molecular flexibility index (Phi) is 10.4. The van der Waals surface area contributed by atoms with Gasteiger partial charge in [0.15, 0.2) is 5.82 Å². The summed E-state index contributed by atoms with van der Waals surface area (Å²) in [4.78, 5) is 20.4. The molecule has 11 heteroatoms. The first-order chi connectivity index (χ1) is 20.6. The van der Waals surface area contributed by atoms with Crippen LogP contribution in [-0.4, -0.2) is 54.1 Å². The first-order valence-electron chi connectivity index (χ1n) is 14.9. The molecule has 0 saturated heterocycles. The number of benzene rings is 2. The number of carbonyl (C=O) groups excluding carboxylic acids is 1. The largest absolute Gasteiger partial charge is 0.396 e. The minimum Gasteiger partial charge on any atom is -0.396 e. The molecule has 43 heavy (non-hydrogen) atoms. The van der Waals surface area contributed by atoms with E-state index in [4.69, 9.17) is 14.3 Å². The topological polar surface area (TPSA) is 134 Å². The van der Waals surface area contributed by atoms with Gasteiger partial charge in [-0.2, -0.15) is 0 Å². The number of carbonyl (C=O) groups is 1. The van der Waals surface area contributed by atoms with Crippen LogP contribution in [0, 0.1) is 13.8 Å². The van der Waals surface area contributed by atoms with E-state index in [9.17, 15) is 18.3 Å². The summed E-state index contributed by atoms with van der Waals surface area (Å²) in [7, 11) is -4.01. The van der Waals surface area contributed by atoms with Crippen molar-refractivity contribution >= 4 is 27.6 Å². The fourth-order valence-electron chi connectivity index (χ4n) is 5.31. The monoisotopic (exact) mass is 610 g/mol. The van der Waals surface area contributed by atoms with Crippen molar-refractivity contribution in [3.8, 4) is 11.1 Å². The number of aliphatic hydroxyl groups is 1. The second-order valence-corrected chi connectivity index (χ2v) is 12.5. The van der Waals surface area contributed by atoms with Gasteiger partial charge in [0, 0.05) is 37.2 Å². The van der Waals surface area contributed by atoms with Gasteiger partial charge >= 0.3 is 0 Å². The summed E-state index contributed by atoms with van der Waals surface area (Å²) in [5.74, 6) is 1.34. The Labute approximate surface area is 254 Å². The third kappa shape index (κ3) is 6.84. The third-order valence-corrected chi connectivity index (χ3v) is 9.39. The number of amides is 1.